The van der Waals surface area contributed by atoms with Crippen molar-refractivity contribution in [1.82, 2.24) is 9.55 Å². The summed E-state index contributed by atoms with van der Waals surface area (Å²) >= 11 is 1.25. The van der Waals surface area contributed by atoms with Crippen LogP contribution in [0.3, 0.4) is 0 Å². The first-order chi connectivity index (χ1) is 12.5. The number of para-hydroxylation sites is 1. The smallest absolute Gasteiger partial charge is 0.261 e. The topological polar surface area (TPSA) is 73.2 Å². The van der Waals surface area contributed by atoms with Crippen molar-refractivity contribution in [3.8, 4) is 5.75 Å². The number of ether oxygens (including phenoxy) is 1. The number of carbonyl (C=O) groups is 1. The van der Waals surface area contributed by atoms with Crippen LogP contribution in [0, 0.1) is 0 Å². The molecule has 0 aliphatic rings. The molecule has 0 spiro atoms. The highest BCUT2D eigenvalue weighted by molar-refractivity contribution is 8.00. The molecular weight excluding hydrogens is 350 g/mol. The summed E-state index contributed by atoms with van der Waals surface area (Å²) in [6.07, 6.45) is 0. The summed E-state index contributed by atoms with van der Waals surface area (Å²) in [7, 11) is 3.26. The number of fused-ring (bicyclic) bond motifs is 1. The Hall–Kier alpha value is -2.80. The fourth-order valence-corrected chi connectivity index (χ4v) is 3.31. The molecule has 0 saturated carbocycles. The Balaban J connectivity index is 1.77. The molecule has 1 unspecified atom stereocenters. The van der Waals surface area contributed by atoms with Gasteiger partial charge in [0.2, 0.25) is 5.91 Å². The Morgan fingerprint density at radius 3 is 2.58 bits per heavy atom. The van der Waals surface area contributed by atoms with Gasteiger partial charge in [-0.15, -0.1) is 0 Å². The van der Waals surface area contributed by atoms with Gasteiger partial charge in [0, 0.05) is 12.7 Å². The number of anilines is 1. The number of nitrogens with zero attached hydrogens (tertiary/aromatic N) is 2. The third-order valence-corrected chi connectivity index (χ3v) is 5.09. The van der Waals surface area contributed by atoms with Gasteiger partial charge in [-0.2, -0.15) is 0 Å². The van der Waals surface area contributed by atoms with Crippen molar-refractivity contribution in [1.29, 1.82) is 0 Å². The largest absolute Gasteiger partial charge is 0.497 e. The summed E-state index contributed by atoms with van der Waals surface area (Å²) in [5, 5.41) is 3.50. The third-order valence-electron chi connectivity index (χ3n) is 3.95. The number of amides is 1. The molecule has 134 valence electrons. The molecule has 0 bridgehead atoms. The molecule has 2 aromatic carbocycles. The number of hydrogen-bond acceptors (Lipinski definition) is 5. The highest BCUT2D eigenvalue weighted by Gasteiger charge is 2.18. The number of aromatic nitrogens is 2. The van der Waals surface area contributed by atoms with Crippen molar-refractivity contribution < 1.29 is 9.53 Å². The van der Waals surface area contributed by atoms with E-state index in [4.69, 9.17) is 4.74 Å². The van der Waals surface area contributed by atoms with Gasteiger partial charge in [-0.1, -0.05) is 23.9 Å². The Kier molecular flexibility index (Phi) is 5.27. The van der Waals surface area contributed by atoms with E-state index in [1.54, 1.807) is 57.5 Å². The first kappa shape index (κ1) is 18.0. The normalized spacial score (nSPS) is 12.0. The average molecular weight is 369 g/mol. The molecule has 1 amide bonds. The molecule has 0 saturated heterocycles. The zero-order valence-corrected chi connectivity index (χ0v) is 15.5. The van der Waals surface area contributed by atoms with Gasteiger partial charge >= 0.3 is 0 Å². The Morgan fingerprint density at radius 1 is 1.19 bits per heavy atom. The molecular formula is C19H19N3O3S. The van der Waals surface area contributed by atoms with Gasteiger partial charge in [-0.3, -0.25) is 14.2 Å². The quantitative estimate of drug-likeness (QED) is 0.553. The van der Waals surface area contributed by atoms with Crippen molar-refractivity contribution in [2.45, 2.75) is 17.3 Å². The maximum Gasteiger partial charge on any atom is 0.261 e. The first-order valence-corrected chi connectivity index (χ1v) is 8.95. The SMILES string of the molecule is COc1ccc(NC(=O)C(C)Sc2nc3ccccc3c(=O)n2C)cc1. The zero-order chi connectivity index (χ0) is 18.7. The van der Waals surface area contributed by atoms with Gasteiger partial charge in [-0.05, 0) is 43.3 Å². The molecule has 0 aliphatic carbocycles. The van der Waals surface area contributed by atoms with E-state index in [1.165, 1.54) is 16.3 Å². The number of nitrogens with one attached hydrogen (secondary N) is 1. The van der Waals surface area contributed by atoms with Gasteiger partial charge in [0.25, 0.3) is 5.56 Å². The van der Waals surface area contributed by atoms with Crippen LogP contribution >= 0.6 is 11.8 Å². The van der Waals surface area contributed by atoms with E-state index in [0.717, 1.165) is 5.75 Å². The lowest BCUT2D eigenvalue weighted by Crippen LogP contribution is -2.25. The van der Waals surface area contributed by atoms with Crippen molar-refractivity contribution >= 4 is 34.3 Å². The lowest BCUT2D eigenvalue weighted by atomic mass is 10.2. The maximum absolute atomic E-state index is 12.5. The van der Waals surface area contributed by atoms with Crippen LogP contribution < -0.4 is 15.6 Å². The monoisotopic (exact) mass is 369 g/mol. The van der Waals surface area contributed by atoms with E-state index < -0.39 is 5.25 Å². The van der Waals surface area contributed by atoms with Crippen LogP contribution in [0.1, 0.15) is 6.92 Å². The number of thioether (sulfide) groups is 1. The molecule has 6 nitrogen and oxygen atoms in total. The second kappa shape index (κ2) is 7.61. The zero-order valence-electron chi connectivity index (χ0n) is 14.7. The Bertz CT molecular complexity index is 999. The standard InChI is InChI=1S/C19H19N3O3S/c1-12(17(23)20-13-8-10-14(25-3)11-9-13)26-19-21-16-7-5-4-6-15(16)18(24)22(19)2/h4-12H,1-3H3,(H,20,23). The number of rotatable bonds is 5. The predicted molar refractivity (Wildman–Crippen MR) is 104 cm³/mol. The molecule has 3 rings (SSSR count). The molecule has 26 heavy (non-hydrogen) atoms. The molecule has 1 aromatic heterocycles. The second-order valence-electron chi connectivity index (χ2n) is 5.75. The van der Waals surface area contributed by atoms with Crippen LogP contribution in [0.25, 0.3) is 10.9 Å². The van der Waals surface area contributed by atoms with E-state index in [9.17, 15) is 9.59 Å². The molecule has 1 N–H and O–H groups in total. The molecule has 3 aromatic rings. The molecule has 0 fully saturated rings. The predicted octanol–water partition coefficient (Wildman–Crippen LogP) is 3.06. The van der Waals surface area contributed by atoms with Crippen LogP contribution in [0.4, 0.5) is 5.69 Å². The van der Waals surface area contributed by atoms with Gasteiger partial charge in [0.1, 0.15) is 5.75 Å². The molecule has 1 heterocycles. The van der Waals surface area contributed by atoms with Gasteiger partial charge in [-0.25, -0.2) is 4.98 Å². The van der Waals surface area contributed by atoms with Crippen molar-refractivity contribution in [2.75, 3.05) is 12.4 Å². The minimum Gasteiger partial charge on any atom is -0.497 e. The molecule has 0 radical (unpaired) electrons. The fourth-order valence-electron chi connectivity index (χ4n) is 2.43. The minimum absolute atomic E-state index is 0.124. The summed E-state index contributed by atoms with van der Waals surface area (Å²) in [5.74, 6) is 0.559. The number of carbonyl (C=O) groups excluding carboxylic acids is 1. The van der Waals surface area contributed by atoms with Gasteiger partial charge in [0.15, 0.2) is 5.16 Å². The molecule has 7 heteroatoms. The van der Waals surface area contributed by atoms with Crippen LogP contribution in [0.5, 0.6) is 5.75 Å². The van der Waals surface area contributed by atoms with E-state index in [-0.39, 0.29) is 11.5 Å². The lowest BCUT2D eigenvalue weighted by molar-refractivity contribution is -0.115. The van der Waals surface area contributed by atoms with Crippen molar-refractivity contribution in [3.63, 3.8) is 0 Å². The first-order valence-electron chi connectivity index (χ1n) is 8.07. The molecule has 1 atom stereocenters. The maximum atomic E-state index is 12.5. The van der Waals surface area contributed by atoms with Crippen LogP contribution in [0.2, 0.25) is 0 Å². The van der Waals surface area contributed by atoms with Crippen LogP contribution in [-0.4, -0.2) is 27.8 Å². The minimum atomic E-state index is -0.420. The van der Waals surface area contributed by atoms with Crippen molar-refractivity contribution in [2.24, 2.45) is 7.05 Å². The summed E-state index contributed by atoms with van der Waals surface area (Å²) in [6.45, 7) is 1.78. The van der Waals surface area contributed by atoms with E-state index in [1.807, 2.05) is 12.1 Å². The summed E-state index contributed by atoms with van der Waals surface area (Å²) in [6, 6.07) is 14.3. The van der Waals surface area contributed by atoms with E-state index in [0.29, 0.717) is 21.7 Å². The van der Waals surface area contributed by atoms with Gasteiger partial charge in [0.05, 0.1) is 23.3 Å². The summed E-state index contributed by atoms with van der Waals surface area (Å²) in [5.41, 5.74) is 1.19. The van der Waals surface area contributed by atoms with E-state index >= 15 is 0 Å². The fraction of sp³-hybridized carbons (Fsp3) is 0.211. The van der Waals surface area contributed by atoms with Gasteiger partial charge < -0.3 is 10.1 Å². The molecule has 0 aliphatic heterocycles. The Labute approximate surface area is 155 Å². The lowest BCUT2D eigenvalue weighted by Gasteiger charge is -2.14. The number of hydrogen-bond donors (Lipinski definition) is 1. The van der Waals surface area contributed by atoms with Crippen molar-refractivity contribution in [3.05, 3.63) is 58.9 Å². The van der Waals surface area contributed by atoms with Crippen LogP contribution in [-0.2, 0) is 11.8 Å². The second-order valence-corrected chi connectivity index (χ2v) is 7.06. The van der Waals surface area contributed by atoms with Crippen LogP contribution in [0.15, 0.2) is 58.5 Å². The summed E-state index contributed by atoms with van der Waals surface area (Å²) in [4.78, 5) is 29.4. The number of benzene rings is 2. The third kappa shape index (κ3) is 3.72. The highest BCUT2D eigenvalue weighted by atomic mass is 32.2. The van der Waals surface area contributed by atoms with E-state index in [2.05, 4.69) is 10.3 Å². The Morgan fingerprint density at radius 2 is 1.88 bits per heavy atom. The average Bonchev–Trinajstić information content (AvgIpc) is 2.66. The number of methoxy groups -OCH3 is 1. The highest BCUT2D eigenvalue weighted by Crippen LogP contribution is 2.23. The summed E-state index contributed by atoms with van der Waals surface area (Å²) < 4.78 is 6.58.